The van der Waals surface area contributed by atoms with Gasteiger partial charge in [-0.05, 0) is 68.9 Å². The monoisotopic (exact) mass is 373 g/mol. The van der Waals surface area contributed by atoms with Crippen molar-refractivity contribution >= 4 is 0 Å². The molecule has 1 aliphatic heterocycles. The molecule has 2 aliphatic rings. The summed E-state index contributed by atoms with van der Waals surface area (Å²) < 4.78 is 20.7. The maximum atomic E-state index is 13.2. The summed E-state index contributed by atoms with van der Waals surface area (Å²) in [7, 11) is 0. The quantitative estimate of drug-likeness (QED) is 0.602. The molecule has 2 aromatic rings. The number of ether oxygens (including phenoxy) is 1. The molecule has 0 radical (unpaired) electrons. The molecule has 0 bridgehead atoms. The van der Waals surface area contributed by atoms with Crippen LogP contribution in [-0.4, -0.2) is 46.3 Å². The van der Waals surface area contributed by atoms with E-state index in [9.17, 15) is 9.60 Å². The number of aromatic nitrogens is 2. The van der Waals surface area contributed by atoms with Crippen molar-refractivity contribution in [2.24, 2.45) is 0 Å². The molecule has 3 atom stereocenters. The van der Waals surface area contributed by atoms with E-state index in [1.54, 1.807) is 12.1 Å². The van der Waals surface area contributed by atoms with Crippen LogP contribution in [0.25, 0.3) is 5.69 Å². The average molecular weight is 373 g/mol. The largest absolute Gasteiger partial charge is 0.633 e. The summed E-state index contributed by atoms with van der Waals surface area (Å²) in [5, 5.41) is 17.7. The van der Waals surface area contributed by atoms with E-state index in [1.165, 1.54) is 23.4 Å². The Balaban J connectivity index is 1.50. The molecule has 1 aromatic heterocycles. The van der Waals surface area contributed by atoms with Crippen molar-refractivity contribution in [2.45, 2.75) is 57.7 Å². The Labute approximate surface area is 159 Å². The van der Waals surface area contributed by atoms with Gasteiger partial charge in [-0.25, -0.2) is 9.07 Å². The van der Waals surface area contributed by atoms with E-state index in [-0.39, 0.29) is 22.7 Å². The molecule has 0 saturated carbocycles. The summed E-state index contributed by atoms with van der Waals surface area (Å²) in [5.41, 5.74) is 3.35. The average Bonchev–Trinajstić information content (AvgIpc) is 3.04. The van der Waals surface area contributed by atoms with Crippen molar-refractivity contribution in [3.05, 3.63) is 52.7 Å². The number of hydroxylamine groups is 3. The third-order valence-electron chi connectivity index (χ3n) is 5.91. The molecule has 6 heteroatoms. The molecular weight excluding hydrogens is 345 g/mol. The highest BCUT2D eigenvalue weighted by molar-refractivity contribution is 5.37. The first kappa shape index (κ1) is 18.6. The highest BCUT2D eigenvalue weighted by Gasteiger charge is 2.33. The highest BCUT2D eigenvalue weighted by Crippen LogP contribution is 2.36. The number of quaternary nitrogens is 1. The van der Waals surface area contributed by atoms with Gasteiger partial charge in [-0.1, -0.05) is 0 Å². The lowest BCUT2D eigenvalue weighted by Crippen LogP contribution is -2.56. The fraction of sp³-hybridized carbons (Fsp3) is 0.571. The zero-order chi connectivity index (χ0) is 19.0. The van der Waals surface area contributed by atoms with Gasteiger partial charge in [0, 0.05) is 12.1 Å². The van der Waals surface area contributed by atoms with Crippen LogP contribution in [0.5, 0.6) is 0 Å². The summed E-state index contributed by atoms with van der Waals surface area (Å²) >= 11 is 0. The minimum atomic E-state index is -0.240. The van der Waals surface area contributed by atoms with Crippen LogP contribution in [-0.2, 0) is 11.2 Å². The Morgan fingerprint density at radius 3 is 2.63 bits per heavy atom. The molecule has 1 fully saturated rings. The van der Waals surface area contributed by atoms with Gasteiger partial charge >= 0.3 is 0 Å². The number of hydrogen-bond acceptors (Lipinski definition) is 3. The van der Waals surface area contributed by atoms with Crippen LogP contribution >= 0.6 is 0 Å². The first-order chi connectivity index (χ1) is 12.9. The third-order valence-corrected chi connectivity index (χ3v) is 5.91. The number of rotatable bonds is 4. The van der Waals surface area contributed by atoms with E-state index in [0.717, 1.165) is 31.4 Å². The van der Waals surface area contributed by atoms with E-state index in [0.29, 0.717) is 25.6 Å². The summed E-state index contributed by atoms with van der Waals surface area (Å²) in [6.07, 6.45) is 6.04. The zero-order valence-corrected chi connectivity index (χ0v) is 16.1. The van der Waals surface area contributed by atoms with Gasteiger partial charge in [0.05, 0.1) is 18.4 Å². The molecule has 3 unspecified atom stereocenters. The number of hydrogen-bond donors (Lipinski definition) is 0. The van der Waals surface area contributed by atoms with Crippen molar-refractivity contribution in [1.29, 1.82) is 0 Å². The predicted octanol–water partition coefficient (Wildman–Crippen LogP) is 3.94. The summed E-state index contributed by atoms with van der Waals surface area (Å²) in [6, 6.07) is 6.47. The molecule has 1 saturated heterocycles. The third kappa shape index (κ3) is 3.93. The smallest absolute Gasteiger partial charge is 0.123 e. The first-order valence-corrected chi connectivity index (χ1v) is 9.99. The van der Waals surface area contributed by atoms with Crippen molar-refractivity contribution in [3.63, 3.8) is 0 Å². The second-order valence-corrected chi connectivity index (χ2v) is 8.22. The molecule has 0 N–H and O–H groups in total. The van der Waals surface area contributed by atoms with Crippen LogP contribution in [0.3, 0.4) is 0 Å². The number of nitrogens with zero attached hydrogens (tertiary/aromatic N) is 3. The van der Waals surface area contributed by atoms with E-state index >= 15 is 0 Å². The number of fused-ring (bicyclic) bond motifs is 1. The molecule has 1 aromatic carbocycles. The van der Waals surface area contributed by atoms with Crippen LogP contribution in [0.2, 0.25) is 0 Å². The summed E-state index contributed by atoms with van der Waals surface area (Å²) in [5.74, 6) is 0.136. The lowest BCUT2D eigenvalue weighted by atomic mass is 9.84. The first-order valence-electron chi connectivity index (χ1n) is 9.99. The van der Waals surface area contributed by atoms with Crippen LogP contribution in [0.4, 0.5) is 4.39 Å². The molecule has 5 nitrogen and oxygen atoms in total. The predicted molar refractivity (Wildman–Crippen MR) is 102 cm³/mol. The maximum absolute atomic E-state index is 13.2. The van der Waals surface area contributed by atoms with Gasteiger partial charge in [0.1, 0.15) is 31.1 Å². The van der Waals surface area contributed by atoms with E-state index < -0.39 is 0 Å². The minimum absolute atomic E-state index is 0.0226. The molecule has 27 heavy (non-hydrogen) atoms. The van der Waals surface area contributed by atoms with Crippen molar-refractivity contribution < 1.29 is 13.8 Å². The molecule has 1 aliphatic carbocycles. The molecule has 146 valence electrons. The zero-order valence-electron chi connectivity index (χ0n) is 16.1. The fourth-order valence-electron chi connectivity index (χ4n) is 4.82. The molecular formula is C21H28FN3O2. The molecule has 0 amide bonds. The summed E-state index contributed by atoms with van der Waals surface area (Å²) in [6.45, 7) is 5.69. The number of morpholine rings is 1. The lowest BCUT2D eigenvalue weighted by molar-refractivity contribution is -0.896. The van der Waals surface area contributed by atoms with Crippen molar-refractivity contribution in [2.75, 3.05) is 19.6 Å². The van der Waals surface area contributed by atoms with Crippen LogP contribution in [0, 0.1) is 11.0 Å². The number of benzene rings is 1. The minimum Gasteiger partial charge on any atom is -0.633 e. The van der Waals surface area contributed by atoms with Crippen LogP contribution in [0.1, 0.15) is 50.3 Å². The molecule has 2 heterocycles. The Morgan fingerprint density at radius 2 is 1.93 bits per heavy atom. The summed E-state index contributed by atoms with van der Waals surface area (Å²) in [4.78, 5) is 0. The number of halogens is 1. The standard InChI is InChI=1S/C21H28FN3O2/c1-15-13-25(26,14-16(2)27-15)11-10-17-4-3-5-21-20(17)12-23-24(21)19-8-6-18(22)7-9-19/h6-9,12,15-17H,3-5,10-11,13-14H2,1-2H3. The van der Waals surface area contributed by atoms with Gasteiger partial charge in [0.2, 0.25) is 0 Å². The van der Waals surface area contributed by atoms with E-state index in [2.05, 4.69) is 5.10 Å². The van der Waals surface area contributed by atoms with Gasteiger partial charge in [-0.2, -0.15) is 5.10 Å². The van der Waals surface area contributed by atoms with Gasteiger partial charge in [-0.3, -0.25) is 0 Å². The van der Waals surface area contributed by atoms with Gasteiger partial charge in [0.25, 0.3) is 0 Å². The molecule has 4 rings (SSSR count). The fourth-order valence-corrected chi connectivity index (χ4v) is 4.82. The van der Waals surface area contributed by atoms with Gasteiger partial charge in [-0.15, -0.1) is 0 Å². The van der Waals surface area contributed by atoms with E-state index in [4.69, 9.17) is 4.74 Å². The Morgan fingerprint density at radius 1 is 1.22 bits per heavy atom. The Kier molecular flexibility index (Phi) is 5.05. The topological polar surface area (TPSA) is 50.1 Å². The van der Waals surface area contributed by atoms with Crippen LogP contribution < -0.4 is 0 Å². The maximum Gasteiger partial charge on any atom is 0.123 e. The lowest BCUT2D eigenvalue weighted by Gasteiger charge is -2.50. The molecule has 0 spiro atoms. The van der Waals surface area contributed by atoms with Crippen molar-refractivity contribution in [3.8, 4) is 5.69 Å². The Hall–Kier alpha value is -1.76. The highest BCUT2D eigenvalue weighted by atomic mass is 19.1. The Bertz CT molecular complexity index is 779. The normalized spacial score (nSPS) is 30.9. The second kappa shape index (κ2) is 7.34. The second-order valence-electron chi connectivity index (χ2n) is 8.22. The van der Waals surface area contributed by atoms with Gasteiger partial charge in [0.15, 0.2) is 0 Å². The van der Waals surface area contributed by atoms with Gasteiger partial charge < -0.3 is 14.6 Å². The SMILES string of the molecule is CC1C[N+]([O-])(CCC2CCCc3c2cnn3-c2ccc(F)cc2)CC(C)O1. The van der Waals surface area contributed by atoms with Crippen molar-refractivity contribution in [1.82, 2.24) is 9.78 Å². The van der Waals surface area contributed by atoms with E-state index in [1.807, 2.05) is 24.7 Å². The van der Waals surface area contributed by atoms with Crippen LogP contribution in [0.15, 0.2) is 30.5 Å².